The molecule has 1 aliphatic rings. The van der Waals surface area contributed by atoms with Crippen LogP contribution in [0.15, 0.2) is 5.38 Å². The van der Waals surface area contributed by atoms with Crippen LogP contribution in [0.2, 0.25) is 0 Å². The maximum atomic E-state index is 9.83. The fourth-order valence-electron chi connectivity index (χ4n) is 1.99. The molecule has 14 heavy (non-hydrogen) atoms. The molecule has 2 atom stereocenters. The minimum Gasteiger partial charge on any atom is -0.473 e. The van der Waals surface area contributed by atoms with Gasteiger partial charge in [0, 0.05) is 11.3 Å². The first-order valence-corrected chi connectivity index (χ1v) is 5.86. The zero-order valence-electron chi connectivity index (χ0n) is 8.27. The Morgan fingerprint density at radius 3 is 2.93 bits per heavy atom. The smallest absolute Gasteiger partial charge is 0.273 e. The molecule has 1 N–H and O–H groups in total. The molecule has 0 aromatic carbocycles. The fourth-order valence-corrected chi connectivity index (χ4v) is 2.69. The van der Waals surface area contributed by atoms with E-state index in [1.54, 1.807) is 7.11 Å². The Morgan fingerprint density at radius 1 is 1.50 bits per heavy atom. The zero-order chi connectivity index (χ0) is 9.97. The summed E-state index contributed by atoms with van der Waals surface area (Å²) in [6.07, 6.45) is 4.08. The van der Waals surface area contributed by atoms with E-state index in [-0.39, 0.29) is 12.0 Å². The van der Waals surface area contributed by atoms with Crippen LogP contribution in [-0.2, 0) is 0 Å². The van der Waals surface area contributed by atoms with E-state index in [1.807, 2.05) is 5.38 Å². The topological polar surface area (TPSA) is 42.4 Å². The van der Waals surface area contributed by atoms with E-state index in [4.69, 9.17) is 4.74 Å². The highest BCUT2D eigenvalue weighted by Crippen LogP contribution is 2.34. The minimum atomic E-state index is -0.212. The second-order valence-corrected chi connectivity index (χ2v) is 4.52. The first-order chi connectivity index (χ1) is 6.81. The predicted molar refractivity (Wildman–Crippen MR) is 55.9 cm³/mol. The molecule has 4 heteroatoms. The lowest BCUT2D eigenvalue weighted by Crippen LogP contribution is -2.22. The second-order valence-electron chi connectivity index (χ2n) is 3.70. The quantitative estimate of drug-likeness (QED) is 0.818. The van der Waals surface area contributed by atoms with Gasteiger partial charge in [-0.3, -0.25) is 0 Å². The average molecular weight is 213 g/mol. The van der Waals surface area contributed by atoms with Crippen LogP contribution >= 0.6 is 11.3 Å². The molecule has 78 valence electrons. The van der Waals surface area contributed by atoms with Gasteiger partial charge >= 0.3 is 0 Å². The first-order valence-electron chi connectivity index (χ1n) is 4.98. The Balaban J connectivity index is 2.12. The van der Waals surface area contributed by atoms with Crippen LogP contribution in [0, 0.1) is 0 Å². The van der Waals surface area contributed by atoms with Gasteiger partial charge in [-0.15, -0.1) is 0 Å². The molecule has 1 aromatic rings. The molecule has 1 heterocycles. The summed E-state index contributed by atoms with van der Waals surface area (Å²) in [6.45, 7) is 0. The third-order valence-electron chi connectivity index (χ3n) is 2.78. The summed E-state index contributed by atoms with van der Waals surface area (Å²) in [5.41, 5.74) is 0.999. The number of thiazole rings is 1. The highest BCUT2D eigenvalue weighted by molar-refractivity contribution is 7.11. The fraction of sp³-hybridized carbons (Fsp3) is 0.700. The molecule has 0 aliphatic heterocycles. The molecular weight excluding hydrogens is 198 g/mol. The molecule has 1 fully saturated rings. The minimum absolute atomic E-state index is 0.212. The van der Waals surface area contributed by atoms with Crippen molar-refractivity contribution >= 4 is 11.3 Å². The SMILES string of the molecule is COc1nc(C2CCCCC2O)cs1. The van der Waals surface area contributed by atoms with Gasteiger partial charge in [-0.25, -0.2) is 4.98 Å². The van der Waals surface area contributed by atoms with Crippen LogP contribution < -0.4 is 4.74 Å². The Bertz CT molecular complexity index is 300. The molecule has 0 radical (unpaired) electrons. The summed E-state index contributed by atoms with van der Waals surface area (Å²) >= 11 is 1.50. The van der Waals surface area contributed by atoms with E-state index in [0.717, 1.165) is 25.0 Å². The Kier molecular flexibility index (Phi) is 3.03. The van der Waals surface area contributed by atoms with Gasteiger partial charge in [0.25, 0.3) is 5.19 Å². The lowest BCUT2D eigenvalue weighted by molar-refractivity contribution is 0.104. The molecule has 1 saturated carbocycles. The number of hydrogen-bond donors (Lipinski definition) is 1. The largest absolute Gasteiger partial charge is 0.473 e. The lowest BCUT2D eigenvalue weighted by atomic mass is 9.85. The van der Waals surface area contributed by atoms with Gasteiger partial charge in [0.15, 0.2) is 0 Å². The lowest BCUT2D eigenvalue weighted by Gasteiger charge is -2.25. The van der Waals surface area contributed by atoms with E-state index in [2.05, 4.69) is 4.98 Å². The van der Waals surface area contributed by atoms with Gasteiger partial charge in [0.2, 0.25) is 0 Å². The van der Waals surface area contributed by atoms with Crippen molar-refractivity contribution in [1.29, 1.82) is 0 Å². The molecule has 2 unspecified atom stereocenters. The number of hydrogen-bond acceptors (Lipinski definition) is 4. The summed E-state index contributed by atoms with van der Waals surface area (Å²) in [7, 11) is 1.62. The van der Waals surface area contributed by atoms with Crippen LogP contribution in [0.5, 0.6) is 5.19 Å². The van der Waals surface area contributed by atoms with Crippen LogP contribution in [0.4, 0.5) is 0 Å². The van der Waals surface area contributed by atoms with E-state index in [9.17, 15) is 5.11 Å². The van der Waals surface area contributed by atoms with E-state index >= 15 is 0 Å². The maximum absolute atomic E-state index is 9.83. The number of nitrogens with zero attached hydrogens (tertiary/aromatic N) is 1. The van der Waals surface area contributed by atoms with Crippen molar-refractivity contribution in [2.75, 3.05) is 7.11 Å². The Labute approximate surface area is 87.7 Å². The number of ether oxygens (including phenoxy) is 1. The van der Waals surface area contributed by atoms with Crippen molar-refractivity contribution in [2.45, 2.75) is 37.7 Å². The number of aliphatic hydroxyl groups is 1. The van der Waals surface area contributed by atoms with Gasteiger partial charge in [-0.1, -0.05) is 24.2 Å². The van der Waals surface area contributed by atoms with Crippen LogP contribution in [-0.4, -0.2) is 23.3 Å². The van der Waals surface area contributed by atoms with E-state index in [1.165, 1.54) is 17.8 Å². The number of aliphatic hydroxyl groups excluding tert-OH is 1. The molecule has 1 aliphatic carbocycles. The van der Waals surface area contributed by atoms with Crippen molar-refractivity contribution in [3.8, 4) is 5.19 Å². The van der Waals surface area contributed by atoms with E-state index in [0.29, 0.717) is 5.19 Å². The third kappa shape index (κ3) is 1.91. The molecule has 0 amide bonds. The van der Waals surface area contributed by atoms with Gasteiger partial charge in [-0.2, -0.15) is 0 Å². The summed E-state index contributed by atoms with van der Waals surface area (Å²) in [5.74, 6) is 0.226. The summed E-state index contributed by atoms with van der Waals surface area (Å²) in [6, 6.07) is 0. The monoisotopic (exact) mass is 213 g/mol. The van der Waals surface area contributed by atoms with Gasteiger partial charge in [0.05, 0.1) is 18.9 Å². The molecule has 0 bridgehead atoms. The Hall–Kier alpha value is -0.610. The van der Waals surface area contributed by atoms with Crippen molar-refractivity contribution in [2.24, 2.45) is 0 Å². The van der Waals surface area contributed by atoms with Crippen LogP contribution in [0.25, 0.3) is 0 Å². The zero-order valence-corrected chi connectivity index (χ0v) is 9.09. The van der Waals surface area contributed by atoms with Gasteiger partial charge in [0.1, 0.15) is 0 Å². The standard InChI is InChI=1S/C10H15NO2S/c1-13-10-11-8(6-14-10)7-4-2-3-5-9(7)12/h6-7,9,12H,2-5H2,1H3. The average Bonchev–Trinajstić information content (AvgIpc) is 2.67. The number of aromatic nitrogens is 1. The summed E-state index contributed by atoms with van der Waals surface area (Å²) in [4.78, 5) is 4.34. The summed E-state index contributed by atoms with van der Waals surface area (Å²) < 4.78 is 5.05. The first kappa shape index (κ1) is 9.93. The molecule has 1 aromatic heterocycles. The van der Waals surface area contributed by atoms with Gasteiger partial charge in [-0.05, 0) is 12.8 Å². The molecule has 0 saturated heterocycles. The molecule has 0 spiro atoms. The van der Waals surface area contributed by atoms with Crippen molar-refractivity contribution in [3.63, 3.8) is 0 Å². The molecule has 3 nitrogen and oxygen atoms in total. The highest BCUT2D eigenvalue weighted by Gasteiger charge is 2.26. The second kappa shape index (κ2) is 4.28. The highest BCUT2D eigenvalue weighted by atomic mass is 32.1. The van der Waals surface area contributed by atoms with Crippen molar-refractivity contribution in [3.05, 3.63) is 11.1 Å². The number of methoxy groups -OCH3 is 1. The third-order valence-corrected chi connectivity index (χ3v) is 3.60. The predicted octanol–water partition coefficient (Wildman–Crippen LogP) is 2.17. The summed E-state index contributed by atoms with van der Waals surface area (Å²) in [5, 5.41) is 12.5. The maximum Gasteiger partial charge on any atom is 0.273 e. The molecular formula is C10H15NO2S. The Morgan fingerprint density at radius 2 is 2.29 bits per heavy atom. The normalized spacial score (nSPS) is 27.6. The number of rotatable bonds is 2. The van der Waals surface area contributed by atoms with E-state index < -0.39 is 0 Å². The van der Waals surface area contributed by atoms with Crippen molar-refractivity contribution < 1.29 is 9.84 Å². The van der Waals surface area contributed by atoms with Crippen LogP contribution in [0.1, 0.15) is 37.3 Å². The molecule has 2 rings (SSSR count). The van der Waals surface area contributed by atoms with Gasteiger partial charge < -0.3 is 9.84 Å². The van der Waals surface area contributed by atoms with Crippen LogP contribution in [0.3, 0.4) is 0 Å². The van der Waals surface area contributed by atoms with Crippen molar-refractivity contribution in [1.82, 2.24) is 4.98 Å².